The van der Waals surface area contributed by atoms with E-state index in [4.69, 9.17) is 10.3 Å². The maximum Gasteiger partial charge on any atom is 0.229 e. The molecular formula is C7H6N2OS. The average Bonchev–Trinajstić information content (AvgIpc) is 2.55. The van der Waals surface area contributed by atoms with Gasteiger partial charge in [-0.2, -0.15) is 11.3 Å². The second kappa shape index (κ2) is 2.39. The first-order chi connectivity index (χ1) is 5.38. The summed E-state index contributed by atoms with van der Waals surface area (Å²) >= 11 is 1.62. The van der Waals surface area contributed by atoms with E-state index in [1.54, 1.807) is 17.5 Å². The van der Waals surface area contributed by atoms with Gasteiger partial charge in [0.25, 0.3) is 0 Å². The van der Waals surface area contributed by atoms with Gasteiger partial charge in [0.15, 0.2) is 0 Å². The SMILES string of the molecule is Nc1oncc1-c1ccsc1. The van der Waals surface area contributed by atoms with E-state index in [-0.39, 0.29) is 0 Å². The van der Waals surface area contributed by atoms with Crippen LogP contribution >= 0.6 is 11.3 Å². The first-order valence-electron chi connectivity index (χ1n) is 3.10. The molecule has 2 heterocycles. The summed E-state index contributed by atoms with van der Waals surface area (Å²) in [4.78, 5) is 0. The fourth-order valence-corrected chi connectivity index (χ4v) is 1.54. The molecule has 2 aromatic heterocycles. The monoisotopic (exact) mass is 166 g/mol. The molecular weight excluding hydrogens is 160 g/mol. The molecule has 0 bridgehead atoms. The van der Waals surface area contributed by atoms with Crippen molar-refractivity contribution < 1.29 is 4.52 Å². The highest BCUT2D eigenvalue weighted by Gasteiger charge is 2.05. The zero-order valence-electron chi connectivity index (χ0n) is 5.65. The number of nitrogens with zero attached hydrogens (tertiary/aromatic N) is 1. The Morgan fingerprint density at radius 1 is 1.55 bits per heavy atom. The highest BCUT2D eigenvalue weighted by Crippen LogP contribution is 2.26. The highest BCUT2D eigenvalue weighted by molar-refractivity contribution is 7.08. The minimum Gasteiger partial charge on any atom is -0.367 e. The molecule has 0 aliphatic heterocycles. The molecule has 2 rings (SSSR count). The fourth-order valence-electron chi connectivity index (χ4n) is 0.883. The van der Waals surface area contributed by atoms with E-state index in [9.17, 15) is 0 Å². The van der Waals surface area contributed by atoms with Crippen LogP contribution in [0.4, 0.5) is 5.88 Å². The summed E-state index contributed by atoms with van der Waals surface area (Å²) in [6.07, 6.45) is 1.62. The third kappa shape index (κ3) is 1.01. The molecule has 56 valence electrons. The Hall–Kier alpha value is -1.29. The Morgan fingerprint density at radius 2 is 2.45 bits per heavy atom. The Morgan fingerprint density at radius 3 is 3.00 bits per heavy atom. The van der Waals surface area contributed by atoms with Gasteiger partial charge in [-0.15, -0.1) is 0 Å². The molecule has 0 aromatic carbocycles. The quantitative estimate of drug-likeness (QED) is 0.704. The number of aromatic nitrogens is 1. The summed E-state index contributed by atoms with van der Waals surface area (Å²) in [5, 5.41) is 7.57. The molecule has 4 heteroatoms. The second-order valence-corrected chi connectivity index (χ2v) is 2.90. The minimum absolute atomic E-state index is 0.378. The molecule has 0 aliphatic carbocycles. The number of anilines is 1. The van der Waals surface area contributed by atoms with Crippen molar-refractivity contribution in [2.45, 2.75) is 0 Å². The molecule has 0 amide bonds. The van der Waals surface area contributed by atoms with Crippen LogP contribution in [0.2, 0.25) is 0 Å². The Kier molecular flexibility index (Phi) is 1.40. The van der Waals surface area contributed by atoms with Gasteiger partial charge in [0, 0.05) is 0 Å². The third-order valence-corrected chi connectivity index (χ3v) is 2.11. The lowest BCUT2D eigenvalue weighted by Gasteiger charge is -1.88. The zero-order chi connectivity index (χ0) is 7.68. The number of hydrogen-bond acceptors (Lipinski definition) is 4. The molecule has 11 heavy (non-hydrogen) atoms. The maximum absolute atomic E-state index is 5.51. The molecule has 0 saturated heterocycles. The van der Waals surface area contributed by atoms with Crippen LogP contribution in [0.5, 0.6) is 0 Å². The highest BCUT2D eigenvalue weighted by atomic mass is 32.1. The molecule has 2 N–H and O–H groups in total. The lowest BCUT2D eigenvalue weighted by atomic mass is 10.2. The van der Waals surface area contributed by atoms with Gasteiger partial charge < -0.3 is 10.3 Å². The summed E-state index contributed by atoms with van der Waals surface area (Å²) in [5.41, 5.74) is 7.44. The Labute approximate surface area is 67.4 Å². The van der Waals surface area contributed by atoms with E-state index >= 15 is 0 Å². The van der Waals surface area contributed by atoms with E-state index < -0.39 is 0 Å². The van der Waals surface area contributed by atoms with Gasteiger partial charge in [0.05, 0.1) is 11.8 Å². The van der Waals surface area contributed by atoms with Crippen LogP contribution in [0.3, 0.4) is 0 Å². The molecule has 0 saturated carbocycles. The van der Waals surface area contributed by atoms with Crippen LogP contribution in [0.15, 0.2) is 27.5 Å². The van der Waals surface area contributed by atoms with E-state index in [2.05, 4.69) is 5.16 Å². The average molecular weight is 166 g/mol. The van der Waals surface area contributed by atoms with Gasteiger partial charge in [-0.25, -0.2) is 0 Å². The molecule has 3 nitrogen and oxygen atoms in total. The van der Waals surface area contributed by atoms with Crippen molar-refractivity contribution in [2.24, 2.45) is 0 Å². The minimum atomic E-state index is 0.378. The standard InChI is InChI=1S/C7H6N2OS/c8-7-6(3-9-10-7)5-1-2-11-4-5/h1-4H,8H2. The molecule has 2 aromatic rings. The van der Waals surface area contributed by atoms with Crippen LogP contribution in [0.1, 0.15) is 0 Å². The smallest absolute Gasteiger partial charge is 0.229 e. The summed E-state index contributed by atoms with van der Waals surface area (Å²) in [5.74, 6) is 0.378. The summed E-state index contributed by atoms with van der Waals surface area (Å²) < 4.78 is 4.72. The van der Waals surface area contributed by atoms with E-state index in [0.29, 0.717) is 5.88 Å². The van der Waals surface area contributed by atoms with Crippen LogP contribution in [0, 0.1) is 0 Å². The lowest BCUT2D eigenvalue weighted by molar-refractivity contribution is 0.436. The zero-order valence-corrected chi connectivity index (χ0v) is 6.47. The Bertz CT molecular complexity index is 339. The van der Waals surface area contributed by atoms with E-state index in [1.165, 1.54) is 0 Å². The molecule has 0 fully saturated rings. The van der Waals surface area contributed by atoms with Crippen LogP contribution in [-0.2, 0) is 0 Å². The van der Waals surface area contributed by atoms with Gasteiger partial charge >= 0.3 is 0 Å². The number of nitrogen functional groups attached to an aromatic ring is 1. The van der Waals surface area contributed by atoms with Gasteiger partial charge in [0.1, 0.15) is 0 Å². The van der Waals surface area contributed by atoms with Crippen LogP contribution in [0.25, 0.3) is 11.1 Å². The number of nitrogens with two attached hydrogens (primary N) is 1. The molecule has 0 radical (unpaired) electrons. The molecule has 0 unspecified atom stereocenters. The van der Waals surface area contributed by atoms with Crippen molar-refractivity contribution in [1.29, 1.82) is 0 Å². The van der Waals surface area contributed by atoms with Crippen molar-refractivity contribution in [2.75, 3.05) is 5.73 Å². The first-order valence-corrected chi connectivity index (χ1v) is 4.05. The second-order valence-electron chi connectivity index (χ2n) is 2.12. The van der Waals surface area contributed by atoms with Crippen molar-refractivity contribution >= 4 is 17.2 Å². The maximum atomic E-state index is 5.51. The third-order valence-electron chi connectivity index (χ3n) is 1.43. The topological polar surface area (TPSA) is 52.0 Å². The summed E-state index contributed by atoms with van der Waals surface area (Å²) in [6, 6.07) is 1.98. The van der Waals surface area contributed by atoms with Crippen molar-refractivity contribution in [1.82, 2.24) is 5.16 Å². The number of hydrogen-bond donors (Lipinski definition) is 1. The van der Waals surface area contributed by atoms with Gasteiger partial charge in [-0.3, -0.25) is 0 Å². The fraction of sp³-hybridized carbons (Fsp3) is 0. The first kappa shape index (κ1) is 6.42. The van der Waals surface area contributed by atoms with Gasteiger partial charge in [-0.1, -0.05) is 5.16 Å². The Balaban J connectivity index is 2.53. The molecule has 0 aliphatic rings. The van der Waals surface area contributed by atoms with Gasteiger partial charge in [-0.05, 0) is 22.4 Å². The van der Waals surface area contributed by atoms with Crippen LogP contribution < -0.4 is 5.73 Å². The largest absolute Gasteiger partial charge is 0.367 e. The van der Waals surface area contributed by atoms with Crippen molar-refractivity contribution in [3.8, 4) is 11.1 Å². The molecule has 0 spiro atoms. The number of thiophene rings is 1. The van der Waals surface area contributed by atoms with E-state index in [1.807, 2.05) is 16.8 Å². The van der Waals surface area contributed by atoms with E-state index in [0.717, 1.165) is 11.1 Å². The van der Waals surface area contributed by atoms with Crippen molar-refractivity contribution in [3.63, 3.8) is 0 Å². The normalized spacial score (nSPS) is 10.2. The predicted octanol–water partition coefficient (Wildman–Crippen LogP) is 1.99. The summed E-state index contributed by atoms with van der Waals surface area (Å²) in [7, 11) is 0. The van der Waals surface area contributed by atoms with Gasteiger partial charge in [0.2, 0.25) is 5.88 Å². The number of rotatable bonds is 1. The predicted molar refractivity (Wildman–Crippen MR) is 44.2 cm³/mol. The van der Waals surface area contributed by atoms with Crippen LogP contribution in [-0.4, -0.2) is 5.16 Å². The molecule has 0 atom stereocenters. The lowest BCUT2D eigenvalue weighted by Crippen LogP contribution is -1.82. The van der Waals surface area contributed by atoms with Crippen molar-refractivity contribution in [3.05, 3.63) is 23.0 Å². The summed E-state index contributed by atoms with van der Waals surface area (Å²) in [6.45, 7) is 0.